The van der Waals surface area contributed by atoms with E-state index in [0.717, 1.165) is 30.7 Å². The molecule has 1 aliphatic heterocycles. The number of thiophene rings is 1. The van der Waals surface area contributed by atoms with Gasteiger partial charge in [0.1, 0.15) is 4.21 Å². The maximum atomic E-state index is 12.7. The highest BCUT2D eigenvalue weighted by Crippen LogP contribution is 2.29. The average Bonchev–Trinajstić information content (AvgIpc) is 3.19. The first kappa shape index (κ1) is 15.5. The van der Waals surface area contributed by atoms with Crippen molar-refractivity contribution in [3.05, 3.63) is 17.0 Å². The highest BCUT2D eigenvalue weighted by molar-refractivity contribution is 7.91. The number of aryl methyl sites for hydroxylation is 1. The van der Waals surface area contributed by atoms with Crippen LogP contribution in [-0.2, 0) is 16.4 Å². The van der Waals surface area contributed by atoms with Crippen LogP contribution in [0.4, 0.5) is 0 Å². The molecule has 6 heteroatoms. The van der Waals surface area contributed by atoms with Gasteiger partial charge in [-0.05, 0) is 56.7 Å². The maximum absolute atomic E-state index is 12.7. The Balaban J connectivity index is 1.65. The summed E-state index contributed by atoms with van der Waals surface area (Å²) in [7, 11) is -3.28. The summed E-state index contributed by atoms with van der Waals surface area (Å²) in [4.78, 5) is 1.14. The molecule has 3 rings (SSSR count). The number of nitrogens with one attached hydrogen (secondary N) is 1. The predicted molar refractivity (Wildman–Crippen MR) is 86.2 cm³/mol. The number of sulfonamides is 1. The van der Waals surface area contributed by atoms with Crippen LogP contribution in [0.1, 0.15) is 37.5 Å². The number of hydrogen-bond donors (Lipinski definition) is 1. The third kappa shape index (κ3) is 3.67. The van der Waals surface area contributed by atoms with Gasteiger partial charge in [-0.15, -0.1) is 11.3 Å². The second-order valence-electron chi connectivity index (χ2n) is 6.13. The lowest BCUT2D eigenvalue weighted by Gasteiger charge is -2.31. The third-order valence-corrected chi connectivity index (χ3v) is 7.90. The Morgan fingerprint density at radius 3 is 2.81 bits per heavy atom. The van der Waals surface area contributed by atoms with Crippen LogP contribution in [0, 0.1) is 5.92 Å². The van der Waals surface area contributed by atoms with Gasteiger partial charge >= 0.3 is 0 Å². The first-order chi connectivity index (χ1) is 10.1. The molecule has 0 amide bonds. The summed E-state index contributed by atoms with van der Waals surface area (Å²) in [6.07, 6.45) is 5.57. The van der Waals surface area contributed by atoms with Gasteiger partial charge in [0.25, 0.3) is 10.0 Å². The molecule has 1 aromatic heterocycles. The van der Waals surface area contributed by atoms with E-state index in [9.17, 15) is 8.42 Å². The van der Waals surface area contributed by atoms with E-state index in [2.05, 4.69) is 12.2 Å². The molecule has 0 spiro atoms. The summed E-state index contributed by atoms with van der Waals surface area (Å²) in [6.45, 7) is 4.35. The molecule has 4 nitrogen and oxygen atoms in total. The molecule has 2 fully saturated rings. The molecular weight excluding hydrogens is 304 g/mol. The topological polar surface area (TPSA) is 49.4 Å². The fraction of sp³-hybridized carbons (Fsp3) is 0.733. The summed E-state index contributed by atoms with van der Waals surface area (Å²) in [5.41, 5.74) is 0. The summed E-state index contributed by atoms with van der Waals surface area (Å²) in [6, 6.07) is 4.40. The van der Waals surface area contributed by atoms with Crippen molar-refractivity contribution in [2.24, 2.45) is 5.92 Å². The van der Waals surface area contributed by atoms with Crippen LogP contribution < -0.4 is 5.32 Å². The number of rotatable bonds is 6. The monoisotopic (exact) mass is 328 g/mol. The summed E-state index contributed by atoms with van der Waals surface area (Å²) < 4.78 is 27.7. The minimum atomic E-state index is -3.28. The summed E-state index contributed by atoms with van der Waals surface area (Å²) in [5, 5.41) is 3.53. The lowest BCUT2D eigenvalue weighted by Crippen LogP contribution is -2.42. The third-order valence-electron chi connectivity index (χ3n) is 4.33. The second-order valence-corrected chi connectivity index (χ2v) is 9.46. The summed E-state index contributed by atoms with van der Waals surface area (Å²) >= 11 is 1.42. The van der Waals surface area contributed by atoms with Gasteiger partial charge < -0.3 is 5.32 Å². The maximum Gasteiger partial charge on any atom is 0.252 e. The Morgan fingerprint density at radius 2 is 2.14 bits per heavy atom. The Kier molecular flexibility index (Phi) is 4.69. The smallest absolute Gasteiger partial charge is 0.252 e. The first-order valence-corrected chi connectivity index (χ1v) is 10.2. The molecule has 1 saturated heterocycles. The van der Waals surface area contributed by atoms with Crippen LogP contribution in [-0.4, -0.2) is 38.4 Å². The van der Waals surface area contributed by atoms with Crippen LogP contribution in [0.15, 0.2) is 16.3 Å². The molecule has 1 saturated carbocycles. The quantitative estimate of drug-likeness (QED) is 0.873. The van der Waals surface area contributed by atoms with Gasteiger partial charge in [-0.2, -0.15) is 4.31 Å². The molecule has 1 aromatic rings. The molecule has 2 aliphatic rings. The minimum Gasteiger partial charge on any atom is -0.314 e. The average molecular weight is 329 g/mol. The van der Waals surface area contributed by atoms with E-state index in [0.29, 0.717) is 29.3 Å². The fourth-order valence-corrected chi connectivity index (χ4v) is 5.85. The molecule has 0 bridgehead atoms. The van der Waals surface area contributed by atoms with E-state index in [4.69, 9.17) is 0 Å². The lowest BCUT2D eigenvalue weighted by molar-refractivity contribution is 0.260. The molecule has 0 radical (unpaired) electrons. The molecule has 2 heterocycles. The Bertz CT molecular complexity index is 578. The van der Waals surface area contributed by atoms with Crippen LogP contribution in [0.5, 0.6) is 0 Å². The Labute approximate surface area is 131 Å². The molecule has 21 heavy (non-hydrogen) atoms. The second kappa shape index (κ2) is 6.36. The highest BCUT2D eigenvalue weighted by atomic mass is 32.2. The van der Waals surface area contributed by atoms with E-state index in [1.165, 1.54) is 24.2 Å². The van der Waals surface area contributed by atoms with Crippen molar-refractivity contribution in [2.45, 2.75) is 49.3 Å². The van der Waals surface area contributed by atoms with Gasteiger partial charge in [-0.25, -0.2) is 8.42 Å². The zero-order valence-corrected chi connectivity index (χ0v) is 14.2. The van der Waals surface area contributed by atoms with Crippen LogP contribution >= 0.6 is 11.3 Å². The van der Waals surface area contributed by atoms with E-state index < -0.39 is 10.0 Å². The van der Waals surface area contributed by atoms with Crippen molar-refractivity contribution < 1.29 is 8.42 Å². The molecule has 0 aromatic carbocycles. The SMILES string of the molecule is CCc1ccc(S(=O)(=O)N2CCCC(CNC3CC3)C2)s1. The van der Waals surface area contributed by atoms with Crippen molar-refractivity contribution in [1.82, 2.24) is 9.62 Å². The van der Waals surface area contributed by atoms with Gasteiger partial charge in [-0.1, -0.05) is 6.92 Å². The van der Waals surface area contributed by atoms with Gasteiger partial charge in [0.2, 0.25) is 0 Å². The molecule has 118 valence electrons. The van der Waals surface area contributed by atoms with Crippen molar-refractivity contribution in [3.8, 4) is 0 Å². The zero-order valence-electron chi connectivity index (χ0n) is 12.5. The first-order valence-electron chi connectivity index (χ1n) is 7.92. The molecule has 1 aliphatic carbocycles. The largest absolute Gasteiger partial charge is 0.314 e. The molecule has 1 N–H and O–H groups in total. The van der Waals surface area contributed by atoms with Crippen molar-refractivity contribution in [1.29, 1.82) is 0 Å². The van der Waals surface area contributed by atoms with Crippen LogP contribution in [0.2, 0.25) is 0 Å². The fourth-order valence-electron chi connectivity index (χ4n) is 2.85. The van der Waals surface area contributed by atoms with Crippen molar-refractivity contribution >= 4 is 21.4 Å². The standard InChI is InChI=1S/C15H24N2O2S2/c1-2-14-7-8-15(20-14)21(18,19)17-9-3-4-12(11-17)10-16-13-5-6-13/h7-8,12-13,16H,2-6,9-11H2,1H3. The Morgan fingerprint density at radius 1 is 1.33 bits per heavy atom. The predicted octanol–water partition coefficient (Wildman–Crippen LogP) is 2.46. The molecular formula is C15H24N2O2S2. The van der Waals surface area contributed by atoms with E-state index in [-0.39, 0.29) is 0 Å². The minimum absolute atomic E-state index is 0.458. The highest BCUT2D eigenvalue weighted by Gasteiger charge is 2.32. The van der Waals surface area contributed by atoms with Gasteiger partial charge in [0.15, 0.2) is 0 Å². The number of hydrogen-bond acceptors (Lipinski definition) is 4. The molecule has 1 atom stereocenters. The van der Waals surface area contributed by atoms with Gasteiger partial charge in [0.05, 0.1) is 0 Å². The van der Waals surface area contributed by atoms with E-state index >= 15 is 0 Å². The summed E-state index contributed by atoms with van der Waals surface area (Å²) in [5.74, 6) is 0.458. The van der Waals surface area contributed by atoms with Crippen molar-refractivity contribution in [2.75, 3.05) is 19.6 Å². The van der Waals surface area contributed by atoms with Gasteiger partial charge in [0, 0.05) is 24.0 Å². The lowest BCUT2D eigenvalue weighted by atomic mass is 10.00. The molecule has 1 unspecified atom stereocenters. The van der Waals surface area contributed by atoms with Crippen LogP contribution in [0.3, 0.4) is 0 Å². The normalized spacial score (nSPS) is 24.3. The van der Waals surface area contributed by atoms with Gasteiger partial charge in [-0.3, -0.25) is 0 Å². The van der Waals surface area contributed by atoms with Crippen LogP contribution in [0.25, 0.3) is 0 Å². The Hall–Kier alpha value is -0.430. The van der Waals surface area contributed by atoms with Crippen molar-refractivity contribution in [3.63, 3.8) is 0 Å². The zero-order chi connectivity index (χ0) is 14.9. The van der Waals surface area contributed by atoms with E-state index in [1.54, 1.807) is 10.4 Å². The number of nitrogens with zero attached hydrogens (tertiary/aromatic N) is 1. The van der Waals surface area contributed by atoms with E-state index in [1.807, 2.05) is 6.07 Å². The number of piperidine rings is 1.